The predicted molar refractivity (Wildman–Crippen MR) is 135 cm³/mol. The van der Waals surface area contributed by atoms with E-state index < -0.39 is 10.0 Å². The van der Waals surface area contributed by atoms with Crippen molar-refractivity contribution in [2.24, 2.45) is 11.8 Å². The number of carbonyl (C=O) groups is 1. The van der Waals surface area contributed by atoms with Gasteiger partial charge in [-0.3, -0.25) is 4.79 Å². The smallest absolute Gasteiger partial charge is 0.258 e. The summed E-state index contributed by atoms with van der Waals surface area (Å²) in [7, 11) is -1.52. The summed E-state index contributed by atoms with van der Waals surface area (Å²) >= 11 is 0. The van der Waals surface area contributed by atoms with Crippen LogP contribution in [-0.2, 0) is 10.0 Å². The van der Waals surface area contributed by atoms with Gasteiger partial charge in [-0.1, -0.05) is 37.6 Å². The summed E-state index contributed by atoms with van der Waals surface area (Å²) in [6.07, 6.45) is 1.94. The third-order valence-corrected chi connectivity index (χ3v) is 9.55. The lowest BCUT2D eigenvalue weighted by Crippen LogP contribution is -2.47. The van der Waals surface area contributed by atoms with Gasteiger partial charge in [0.1, 0.15) is 0 Å². The molecular weight excluding hydrogens is 446 g/mol. The molecule has 2 fully saturated rings. The van der Waals surface area contributed by atoms with E-state index in [0.717, 1.165) is 31.6 Å². The van der Waals surface area contributed by atoms with Crippen molar-refractivity contribution in [2.75, 3.05) is 38.1 Å². The fraction of sp³-hybridized carbons (Fsp3) is 0.519. The van der Waals surface area contributed by atoms with Crippen molar-refractivity contribution >= 4 is 21.6 Å². The van der Waals surface area contributed by atoms with Crippen LogP contribution in [-0.4, -0.2) is 62.8 Å². The summed E-state index contributed by atoms with van der Waals surface area (Å²) in [5.41, 5.74) is 3.82. The van der Waals surface area contributed by atoms with E-state index in [1.165, 1.54) is 11.1 Å². The quantitative estimate of drug-likeness (QED) is 0.662. The standard InChI is InChI=1S/C27H35N3O3S/c1-18-8-9-25-23(13-18)24-17-28(4)11-10-26(24)30(25)27(31)21-6-5-7-22(14-21)34(32,33)29-15-19(2)12-20(3)16-29/h5-9,13-14,19-20,24,26H,10-12,15-17H2,1-4H3/t19-,20+,24-,26-/m0/s1. The molecule has 0 aliphatic carbocycles. The summed E-state index contributed by atoms with van der Waals surface area (Å²) < 4.78 is 28.5. The number of amides is 1. The maximum atomic E-state index is 13.9. The lowest BCUT2D eigenvalue weighted by molar-refractivity contribution is 0.0964. The minimum absolute atomic E-state index is 0.101. The zero-order valence-corrected chi connectivity index (χ0v) is 21.4. The van der Waals surface area contributed by atoms with Crippen LogP contribution in [0, 0.1) is 18.8 Å². The van der Waals surface area contributed by atoms with Crippen LogP contribution in [0.4, 0.5) is 5.69 Å². The Morgan fingerprint density at radius 1 is 1.00 bits per heavy atom. The number of aryl methyl sites for hydroxylation is 1. The number of hydrogen-bond donors (Lipinski definition) is 0. The second-order valence-electron chi connectivity index (χ2n) is 10.8. The highest BCUT2D eigenvalue weighted by Gasteiger charge is 2.44. The Balaban J connectivity index is 1.49. The SMILES string of the molecule is Cc1ccc2c(c1)[C@@H]1CN(C)CC[C@@H]1N2C(=O)c1cccc(S(=O)(=O)N2C[C@H](C)C[C@H](C)C2)c1. The van der Waals surface area contributed by atoms with E-state index in [1.807, 2.05) is 4.90 Å². The number of piperidine rings is 2. The topological polar surface area (TPSA) is 60.9 Å². The summed E-state index contributed by atoms with van der Waals surface area (Å²) in [6.45, 7) is 9.21. The van der Waals surface area contributed by atoms with Crippen molar-refractivity contribution in [1.29, 1.82) is 0 Å². The van der Waals surface area contributed by atoms with E-state index in [4.69, 9.17) is 0 Å². The second-order valence-corrected chi connectivity index (χ2v) is 12.7. The largest absolute Gasteiger partial charge is 0.306 e. The number of sulfonamides is 1. The molecule has 0 bridgehead atoms. The van der Waals surface area contributed by atoms with Gasteiger partial charge in [0.15, 0.2) is 0 Å². The Morgan fingerprint density at radius 3 is 2.47 bits per heavy atom. The van der Waals surface area contributed by atoms with Gasteiger partial charge in [-0.15, -0.1) is 0 Å². The van der Waals surface area contributed by atoms with Crippen LogP contribution >= 0.6 is 0 Å². The molecule has 34 heavy (non-hydrogen) atoms. The first-order valence-corrected chi connectivity index (χ1v) is 13.8. The van der Waals surface area contributed by atoms with Crippen LogP contribution in [0.1, 0.15) is 54.1 Å². The molecule has 3 aliphatic rings. The van der Waals surface area contributed by atoms with Crippen molar-refractivity contribution in [3.8, 4) is 0 Å². The fourth-order valence-electron chi connectivity index (χ4n) is 6.23. The first kappa shape index (κ1) is 23.5. The number of benzene rings is 2. The number of carbonyl (C=O) groups excluding carboxylic acids is 1. The van der Waals surface area contributed by atoms with Crippen molar-refractivity contribution < 1.29 is 13.2 Å². The summed E-state index contributed by atoms with van der Waals surface area (Å²) in [4.78, 5) is 18.4. The number of hydrogen-bond acceptors (Lipinski definition) is 4. The molecule has 0 spiro atoms. The highest BCUT2D eigenvalue weighted by molar-refractivity contribution is 7.89. The zero-order chi connectivity index (χ0) is 24.2. The lowest BCUT2D eigenvalue weighted by Gasteiger charge is -2.36. The van der Waals surface area contributed by atoms with Gasteiger partial charge < -0.3 is 9.80 Å². The fourth-order valence-corrected chi connectivity index (χ4v) is 7.95. The Bertz CT molecular complexity index is 1200. The highest BCUT2D eigenvalue weighted by atomic mass is 32.2. The molecule has 0 unspecified atom stereocenters. The molecule has 2 aromatic carbocycles. The van der Waals surface area contributed by atoms with E-state index in [1.54, 1.807) is 28.6 Å². The monoisotopic (exact) mass is 481 g/mol. The van der Waals surface area contributed by atoms with Crippen LogP contribution in [0.3, 0.4) is 0 Å². The molecule has 182 valence electrons. The van der Waals surface area contributed by atoms with E-state index in [9.17, 15) is 13.2 Å². The Labute approximate surface area is 203 Å². The van der Waals surface area contributed by atoms with Gasteiger partial charge in [-0.05, 0) is 75.0 Å². The maximum absolute atomic E-state index is 13.9. The number of fused-ring (bicyclic) bond motifs is 3. The van der Waals surface area contributed by atoms with E-state index in [2.05, 4.69) is 50.9 Å². The van der Waals surface area contributed by atoms with Gasteiger partial charge in [0.25, 0.3) is 5.91 Å². The van der Waals surface area contributed by atoms with Crippen LogP contribution in [0.15, 0.2) is 47.4 Å². The molecule has 0 saturated carbocycles. The second kappa shape index (κ2) is 8.77. The molecule has 3 heterocycles. The van der Waals surface area contributed by atoms with Gasteiger partial charge >= 0.3 is 0 Å². The van der Waals surface area contributed by atoms with Crippen molar-refractivity contribution in [2.45, 2.75) is 50.5 Å². The van der Waals surface area contributed by atoms with Crippen LogP contribution in [0.5, 0.6) is 0 Å². The number of likely N-dealkylation sites (N-methyl/N-ethyl adjacent to an activating group) is 1. The average molecular weight is 482 g/mol. The van der Waals surface area contributed by atoms with Gasteiger partial charge in [0, 0.05) is 42.8 Å². The normalized spacial score (nSPS) is 27.9. The summed E-state index contributed by atoms with van der Waals surface area (Å²) in [5, 5.41) is 0. The highest BCUT2D eigenvalue weighted by Crippen LogP contribution is 2.45. The third-order valence-electron chi connectivity index (χ3n) is 7.73. The molecule has 0 radical (unpaired) electrons. The van der Waals surface area contributed by atoms with Crippen molar-refractivity contribution in [3.05, 3.63) is 59.2 Å². The molecule has 2 aromatic rings. The molecule has 6 nitrogen and oxygen atoms in total. The van der Waals surface area contributed by atoms with Gasteiger partial charge in [-0.2, -0.15) is 4.31 Å². The number of rotatable bonds is 3. The Morgan fingerprint density at radius 2 is 1.74 bits per heavy atom. The molecular formula is C27H35N3O3S. The molecule has 5 rings (SSSR count). The average Bonchev–Trinajstić information content (AvgIpc) is 3.10. The predicted octanol–water partition coefficient (Wildman–Crippen LogP) is 4.11. The first-order valence-electron chi connectivity index (χ1n) is 12.4. The molecule has 2 saturated heterocycles. The van der Waals surface area contributed by atoms with Crippen LogP contribution in [0.25, 0.3) is 0 Å². The van der Waals surface area contributed by atoms with Crippen LogP contribution < -0.4 is 4.90 Å². The molecule has 4 atom stereocenters. The molecule has 7 heteroatoms. The van der Waals surface area contributed by atoms with E-state index >= 15 is 0 Å². The van der Waals surface area contributed by atoms with E-state index in [0.29, 0.717) is 30.5 Å². The maximum Gasteiger partial charge on any atom is 0.258 e. The Hall–Kier alpha value is -2.22. The van der Waals surface area contributed by atoms with Crippen molar-refractivity contribution in [1.82, 2.24) is 9.21 Å². The van der Waals surface area contributed by atoms with E-state index in [-0.39, 0.29) is 22.8 Å². The first-order chi connectivity index (χ1) is 16.1. The molecule has 0 N–H and O–H groups in total. The number of anilines is 1. The van der Waals surface area contributed by atoms with Gasteiger partial charge in [0.2, 0.25) is 10.0 Å². The minimum atomic E-state index is -3.65. The van der Waals surface area contributed by atoms with Gasteiger partial charge in [0.05, 0.1) is 4.90 Å². The number of nitrogens with zero attached hydrogens (tertiary/aromatic N) is 3. The molecule has 3 aliphatic heterocycles. The molecule has 1 amide bonds. The van der Waals surface area contributed by atoms with Gasteiger partial charge in [-0.25, -0.2) is 8.42 Å². The zero-order valence-electron chi connectivity index (χ0n) is 20.6. The third kappa shape index (κ3) is 4.08. The lowest BCUT2D eigenvalue weighted by atomic mass is 9.88. The minimum Gasteiger partial charge on any atom is -0.306 e. The number of likely N-dealkylation sites (tertiary alicyclic amines) is 1. The Kier molecular flexibility index (Phi) is 6.07. The van der Waals surface area contributed by atoms with Crippen molar-refractivity contribution in [3.63, 3.8) is 0 Å². The molecule has 0 aromatic heterocycles. The van der Waals surface area contributed by atoms with Crippen LogP contribution in [0.2, 0.25) is 0 Å². The summed E-state index contributed by atoms with van der Waals surface area (Å²) in [5.74, 6) is 0.823. The summed E-state index contributed by atoms with van der Waals surface area (Å²) in [6, 6.07) is 13.1.